The first-order valence-corrected chi connectivity index (χ1v) is 11.7. The molecule has 0 aliphatic heterocycles. The van der Waals surface area contributed by atoms with Gasteiger partial charge in [-0.1, -0.05) is 36.4 Å². The van der Waals surface area contributed by atoms with Gasteiger partial charge in [-0.05, 0) is 43.2 Å². The minimum absolute atomic E-state index is 0.271. The molecule has 4 N–H and O–H groups in total. The number of anilines is 2. The molecule has 0 atom stereocenters. The minimum Gasteiger partial charge on any atom is -0.506 e. The van der Waals surface area contributed by atoms with Gasteiger partial charge >= 0.3 is 0 Å². The van der Waals surface area contributed by atoms with Crippen LogP contribution in [0.2, 0.25) is 0 Å². The minimum atomic E-state index is -4.35. The normalized spacial score (nSPS) is 11.8. The van der Waals surface area contributed by atoms with E-state index in [4.69, 9.17) is 0 Å². The van der Waals surface area contributed by atoms with Crippen LogP contribution in [0.15, 0.2) is 70.5 Å². The molecule has 158 valence electrons. The van der Waals surface area contributed by atoms with Crippen LogP contribution in [0, 0.1) is 13.8 Å². The van der Waals surface area contributed by atoms with Crippen molar-refractivity contribution in [3.05, 3.63) is 71.8 Å². The van der Waals surface area contributed by atoms with Gasteiger partial charge in [-0.3, -0.25) is 9.44 Å². The number of benzene rings is 3. The third-order valence-corrected chi connectivity index (χ3v) is 7.19. The number of phenols is 2. The van der Waals surface area contributed by atoms with Crippen molar-refractivity contribution in [2.75, 3.05) is 9.44 Å². The number of aryl methyl sites for hydroxylation is 2. The van der Waals surface area contributed by atoms with Gasteiger partial charge in [0, 0.05) is 6.07 Å². The molecular formula is C20H20N2O6S2. The highest BCUT2D eigenvalue weighted by Crippen LogP contribution is 2.35. The van der Waals surface area contributed by atoms with E-state index in [9.17, 15) is 27.0 Å². The molecule has 0 aliphatic rings. The number of phenolic OH excluding ortho intramolecular Hbond substituents is 2. The van der Waals surface area contributed by atoms with Crippen LogP contribution in [0.25, 0.3) is 0 Å². The molecule has 0 radical (unpaired) electrons. The Morgan fingerprint density at radius 3 is 1.37 bits per heavy atom. The molecule has 3 aromatic rings. The van der Waals surface area contributed by atoms with Crippen LogP contribution in [0.5, 0.6) is 11.5 Å². The number of sulfonamides is 2. The first-order chi connectivity index (χ1) is 14.0. The van der Waals surface area contributed by atoms with Crippen LogP contribution in [0.4, 0.5) is 11.4 Å². The molecule has 0 spiro atoms. The van der Waals surface area contributed by atoms with Crippen molar-refractivity contribution in [2.45, 2.75) is 23.6 Å². The van der Waals surface area contributed by atoms with Crippen LogP contribution in [0.3, 0.4) is 0 Å². The monoisotopic (exact) mass is 448 g/mol. The van der Waals surface area contributed by atoms with Crippen LogP contribution in [0.1, 0.15) is 11.1 Å². The van der Waals surface area contributed by atoms with E-state index in [1.807, 2.05) is 0 Å². The number of hydrogen-bond donors (Lipinski definition) is 4. The Hall–Kier alpha value is -3.24. The zero-order valence-electron chi connectivity index (χ0n) is 16.1. The molecule has 0 saturated heterocycles. The summed E-state index contributed by atoms with van der Waals surface area (Å²) in [6.07, 6.45) is 0. The average molecular weight is 449 g/mol. The lowest BCUT2D eigenvalue weighted by Gasteiger charge is -2.15. The van der Waals surface area contributed by atoms with E-state index in [2.05, 4.69) is 9.44 Å². The Balaban J connectivity index is 2.06. The lowest BCUT2D eigenvalue weighted by atomic mass is 10.2. The van der Waals surface area contributed by atoms with Crippen LogP contribution >= 0.6 is 0 Å². The molecule has 3 rings (SSSR count). The van der Waals surface area contributed by atoms with Crippen molar-refractivity contribution in [3.63, 3.8) is 0 Å². The number of nitrogens with one attached hydrogen (secondary N) is 2. The van der Waals surface area contributed by atoms with Gasteiger partial charge in [0.2, 0.25) is 0 Å². The molecule has 0 fully saturated rings. The quantitative estimate of drug-likeness (QED) is 0.457. The number of rotatable bonds is 6. The van der Waals surface area contributed by atoms with Gasteiger partial charge < -0.3 is 10.2 Å². The maximum Gasteiger partial charge on any atom is 0.265 e. The zero-order chi connectivity index (χ0) is 22.1. The van der Waals surface area contributed by atoms with Gasteiger partial charge in [-0.2, -0.15) is 0 Å². The van der Waals surface area contributed by atoms with Crippen molar-refractivity contribution in [1.82, 2.24) is 0 Å². The Labute approximate surface area is 174 Å². The van der Waals surface area contributed by atoms with E-state index in [-0.39, 0.29) is 11.4 Å². The number of aromatic hydroxyl groups is 2. The second-order valence-corrected chi connectivity index (χ2v) is 9.93. The molecule has 0 aromatic heterocycles. The standard InChI is InChI=1S/C20H20N2O6S2/c1-13-7-3-5-9-15(13)21-29(25,26)19-12-20(18(24)11-17(19)23)30(27,28)22-16-10-6-4-8-14(16)2/h3-12,21-24H,1-2H3. The smallest absolute Gasteiger partial charge is 0.265 e. The first kappa shape index (κ1) is 21.5. The molecule has 0 aliphatic carbocycles. The lowest BCUT2D eigenvalue weighted by molar-refractivity contribution is 0.430. The maximum atomic E-state index is 12.8. The van der Waals surface area contributed by atoms with Gasteiger partial charge in [-0.25, -0.2) is 16.8 Å². The summed E-state index contributed by atoms with van der Waals surface area (Å²) in [6, 6.07) is 14.6. The van der Waals surface area contributed by atoms with E-state index in [1.54, 1.807) is 50.2 Å². The number of hydrogen-bond acceptors (Lipinski definition) is 6. The van der Waals surface area contributed by atoms with Gasteiger partial charge in [0.1, 0.15) is 21.3 Å². The van der Waals surface area contributed by atoms with Crippen LogP contribution in [-0.4, -0.2) is 27.0 Å². The fraction of sp³-hybridized carbons (Fsp3) is 0.100. The molecule has 30 heavy (non-hydrogen) atoms. The SMILES string of the molecule is Cc1ccccc1NS(=O)(=O)c1cc(S(=O)(=O)Nc2ccccc2C)c(O)cc1O. The summed E-state index contributed by atoms with van der Waals surface area (Å²) in [7, 11) is -8.70. The summed E-state index contributed by atoms with van der Waals surface area (Å²) in [5, 5.41) is 20.2. The molecule has 0 heterocycles. The Morgan fingerprint density at radius 1 is 0.633 bits per heavy atom. The van der Waals surface area contributed by atoms with Crippen molar-refractivity contribution in [1.29, 1.82) is 0 Å². The van der Waals surface area contributed by atoms with Crippen molar-refractivity contribution < 1.29 is 27.0 Å². The molecule has 3 aromatic carbocycles. The Bertz CT molecular complexity index is 1220. The maximum absolute atomic E-state index is 12.8. The van der Waals surface area contributed by atoms with E-state index in [1.165, 1.54) is 12.1 Å². The highest BCUT2D eigenvalue weighted by Gasteiger charge is 2.27. The predicted octanol–water partition coefficient (Wildman–Crippen LogP) is 3.32. The van der Waals surface area contributed by atoms with E-state index in [0.29, 0.717) is 23.3 Å². The Kier molecular flexibility index (Phi) is 5.64. The summed E-state index contributed by atoms with van der Waals surface area (Å²) in [5.41, 5.74) is 1.81. The van der Waals surface area contributed by atoms with Crippen LogP contribution in [-0.2, 0) is 20.0 Å². The molecule has 10 heteroatoms. The molecule has 8 nitrogen and oxygen atoms in total. The van der Waals surface area contributed by atoms with Crippen molar-refractivity contribution in [3.8, 4) is 11.5 Å². The summed E-state index contributed by atoms with van der Waals surface area (Å²) in [5.74, 6) is -1.58. The van der Waals surface area contributed by atoms with Crippen molar-refractivity contribution in [2.24, 2.45) is 0 Å². The van der Waals surface area contributed by atoms with Gasteiger partial charge in [0.15, 0.2) is 0 Å². The summed E-state index contributed by atoms with van der Waals surface area (Å²) in [6.45, 7) is 3.38. The van der Waals surface area contributed by atoms with E-state index in [0.717, 1.165) is 0 Å². The third-order valence-electron chi connectivity index (χ3n) is 4.40. The average Bonchev–Trinajstić information content (AvgIpc) is 2.64. The summed E-state index contributed by atoms with van der Waals surface area (Å²) in [4.78, 5) is -1.37. The molecule has 0 unspecified atom stereocenters. The zero-order valence-corrected chi connectivity index (χ0v) is 17.8. The van der Waals surface area contributed by atoms with Crippen LogP contribution < -0.4 is 9.44 Å². The summed E-state index contributed by atoms with van der Waals surface area (Å²) < 4.78 is 55.9. The topological polar surface area (TPSA) is 133 Å². The molecular weight excluding hydrogens is 428 g/mol. The van der Waals surface area contributed by atoms with Gasteiger partial charge in [-0.15, -0.1) is 0 Å². The lowest BCUT2D eigenvalue weighted by Crippen LogP contribution is -2.17. The molecule has 0 amide bonds. The third kappa shape index (κ3) is 4.34. The Morgan fingerprint density at radius 2 is 1.00 bits per heavy atom. The van der Waals surface area contributed by atoms with Crippen molar-refractivity contribution >= 4 is 31.4 Å². The summed E-state index contributed by atoms with van der Waals surface area (Å²) >= 11 is 0. The van der Waals surface area contributed by atoms with Gasteiger partial charge in [0.25, 0.3) is 20.0 Å². The molecule has 0 bridgehead atoms. The molecule has 0 saturated carbocycles. The van der Waals surface area contributed by atoms with Gasteiger partial charge in [0.05, 0.1) is 11.4 Å². The van der Waals surface area contributed by atoms with E-state index >= 15 is 0 Å². The first-order valence-electron chi connectivity index (χ1n) is 8.74. The highest BCUT2D eigenvalue weighted by atomic mass is 32.2. The second-order valence-electron chi connectivity index (χ2n) is 6.63. The largest absolute Gasteiger partial charge is 0.506 e. The fourth-order valence-electron chi connectivity index (χ4n) is 2.74. The highest BCUT2D eigenvalue weighted by molar-refractivity contribution is 7.93. The number of para-hydroxylation sites is 2. The van der Waals surface area contributed by atoms with E-state index < -0.39 is 41.3 Å². The predicted molar refractivity (Wildman–Crippen MR) is 114 cm³/mol. The second kappa shape index (κ2) is 7.88. The fourth-order valence-corrected chi connectivity index (χ4v) is 5.29.